The minimum atomic E-state index is 0.0809. The van der Waals surface area contributed by atoms with Crippen LogP contribution in [0.25, 0.3) is 0 Å². The minimum Gasteiger partial charge on any atom is -0.376 e. The van der Waals surface area contributed by atoms with Gasteiger partial charge in [-0.3, -0.25) is 9.69 Å². The van der Waals surface area contributed by atoms with Crippen LogP contribution in [0.15, 0.2) is 24.3 Å². The van der Waals surface area contributed by atoms with E-state index < -0.39 is 0 Å². The zero-order valence-corrected chi connectivity index (χ0v) is 11.3. The Morgan fingerprint density at radius 2 is 2.28 bits per heavy atom. The van der Waals surface area contributed by atoms with E-state index in [0.717, 1.165) is 19.5 Å². The smallest absolute Gasteiger partial charge is 0.178 e. The van der Waals surface area contributed by atoms with Gasteiger partial charge >= 0.3 is 0 Å². The summed E-state index contributed by atoms with van der Waals surface area (Å²) in [6.07, 6.45) is 1.23. The molecule has 18 heavy (non-hydrogen) atoms. The van der Waals surface area contributed by atoms with Crippen molar-refractivity contribution in [3.8, 4) is 0 Å². The van der Waals surface area contributed by atoms with Gasteiger partial charge < -0.3 is 4.74 Å². The maximum absolute atomic E-state index is 12.2. The van der Waals surface area contributed by atoms with E-state index in [0.29, 0.717) is 23.7 Å². The molecule has 0 amide bonds. The third-order valence-electron chi connectivity index (χ3n) is 3.22. The second kappa shape index (κ2) is 6.32. The number of ketones is 1. The Labute approximate surface area is 113 Å². The normalized spacial score (nSPS) is 20.9. The second-order valence-electron chi connectivity index (χ2n) is 4.54. The van der Waals surface area contributed by atoms with Gasteiger partial charge in [-0.2, -0.15) is 0 Å². The van der Waals surface area contributed by atoms with Crippen LogP contribution >= 0.6 is 11.6 Å². The molecular formula is C14H18ClNO2. The van der Waals surface area contributed by atoms with E-state index in [2.05, 4.69) is 11.8 Å². The first-order valence-corrected chi connectivity index (χ1v) is 6.70. The summed E-state index contributed by atoms with van der Waals surface area (Å²) in [7, 11) is 0. The van der Waals surface area contributed by atoms with Crippen LogP contribution in [-0.4, -0.2) is 43.0 Å². The van der Waals surface area contributed by atoms with Crippen molar-refractivity contribution in [1.29, 1.82) is 0 Å². The van der Waals surface area contributed by atoms with Gasteiger partial charge in [0.05, 0.1) is 24.3 Å². The monoisotopic (exact) mass is 267 g/mol. The van der Waals surface area contributed by atoms with Crippen LogP contribution < -0.4 is 0 Å². The average Bonchev–Trinajstić information content (AvgIpc) is 2.39. The number of hydrogen-bond acceptors (Lipinski definition) is 3. The summed E-state index contributed by atoms with van der Waals surface area (Å²) in [6, 6.07) is 7.21. The molecule has 1 unspecified atom stereocenters. The van der Waals surface area contributed by atoms with Gasteiger partial charge in [-0.05, 0) is 18.6 Å². The minimum absolute atomic E-state index is 0.0809. The zero-order chi connectivity index (χ0) is 13.0. The molecule has 98 valence electrons. The van der Waals surface area contributed by atoms with Crippen molar-refractivity contribution in [3.05, 3.63) is 34.9 Å². The quantitative estimate of drug-likeness (QED) is 0.786. The van der Waals surface area contributed by atoms with Gasteiger partial charge in [0.25, 0.3) is 0 Å². The summed E-state index contributed by atoms with van der Waals surface area (Å²) in [5.74, 6) is 0.0809. The van der Waals surface area contributed by atoms with Crippen molar-refractivity contribution < 1.29 is 9.53 Å². The first kappa shape index (κ1) is 13.5. The SMILES string of the molecule is CCC1CN(CC(=O)c2ccccc2Cl)CCO1. The van der Waals surface area contributed by atoms with Crippen LogP contribution in [-0.2, 0) is 4.74 Å². The summed E-state index contributed by atoms with van der Waals surface area (Å²) in [5.41, 5.74) is 0.610. The van der Waals surface area contributed by atoms with Crippen molar-refractivity contribution in [1.82, 2.24) is 4.90 Å². The summed E-state index contributed by atoms with van der Waals surface area (Å²) in [5, 5.41) is 0.530. The summed E-state index contributed by atoms with van der Waals surface area (Å²) < 4.78 is 5.59. The van der Waals surface area contributed by atoms with E-state index in [4.69, 9.17) is 16.3 Å². The van der Waals surface area contributed by atoms with Crippen molar-refractivity contribution in [3.63, 3.8) is 0 Å². The molecule has 0 saturated carbocycles. The number of morpholine rings is 1. The maximum Gasteiger partial charge on any atom is 0.178 e. The van der Waals surface area contributed by atoms with Gasteiger partial charge in [0.15, 0.2) is 5.78 Å². The predicted octanol–water partition coefficient (Wildman–Crippen LogP) is 2.63. The number of benzene rings is 1. The van der Waals surface area contributed by atoms with Crippen LogP contribution in [0.3, 0.4) is 0 Å². The topological polar surface area (TPSA) is 29.5 Å². The summed E-state index contributed by atoms with van der Waals surface area (Å²) in [4.78, 5) is 14.3. The van der Waals surface area contributed by atoms with Crippen molar-refractivity contribution in [2.75, 3.05) is 26.2 Å². The maximum atomic E-state index is 12.2. The Hall–Kier alpha value is -0.900. The molecule has 0 aromatic heterocycles. The van der Waals surface area contributed by atoms with Crippen LogP contribution in [0, 0.1) is 0 Å². The van der Waals surface area contributed by atoms with Gasteiger partial charge in [-0.15, -0.1) is 0 Å². The summed E-state index contributed by atoms with van der Waals surface area (Å²) in [6.45, 7) is 4.86. The lowest BCUT2D eigenvalue weighted by atomic mass is 10.1. The molecule has 1 atom stereocenters. The zero-order valence-electron chi connectivity index (χ0n) is 10.6. The molecule has 0 aliphatic carbocycles. The van der Waals surface area contributed by atoms with E-state index in [1.807, 2.05) is 12.1 Å². The first-order chi connectivity index (χ1) is 8.70. The molecule has 0 bridgehead atoms. The fourth-order valence-electron chi connectivity index (χ4n) is 2.15. The molecule has 1 aromatic rings. The number of halogens is 1. The van der Waals surface area contributed by atoms with E-state index in [1.54, 1.807) is 12.1 Å². The number of rotatable bonds is 4. The highest BCUT2D eigenvalue weighted by Gasteiger charge is 2.21. The van der Waals surface area contributed by atoms with E-state index in [-0.39, 0.29) is 11.9 Å². The van der Waals surface area contributed by atoms with Crippen LogP contribution in [0.1, 0.15) is 23.7 Å². The van der Waals surface area contributed by atoms with Gasteiger partial charge in [0.1, 0.15) is 0 Å². The third-order valence-corrected chi connectivity index (χ3v) is 3.55. The Bertz CT molecular complexity index is 422. The molecular weight excluding hydrogens is 250 g/mol. The van der Waals surface area contributed by atoms with Crippen molar-refractivity contribution in [2.45, 2.75) is 19.4 Å². The largest absolute Gasteiger partial charge is 0.376 e. The van der Waals surface area contributed by atoms with Gasteiger partial charge in [-0.1, -0.05) is 30.7 Å². The third kappa shape index (κ3) is 3.31. The highest BCUT2D eigenvalue weighted by molar-refractivity contribution is 6.34. The van der Waals surface area contributed by atoms with E-state index in [9.17, 15) is 4.79 Å². The number of nitrogens with zero attached hydrogens (tertiary/aromatic N) is 1. The van der Waals surface area contributed by atoms with Crippen molar-refractivity contribution >= 4 is 17.4 Å². The average molecular weight is 268 g/mol. The number of carbonyl (C=O) groups is 1. The molecule has 0 radical (unpaired) electrons. The number of hydrogen-bond donors (Lipinski definition) is 0. The van der Waals surface area contributed by atoms with Crippen LogP contribution in [0.2, 0.25) is 5.02 Å². The van der Waals surface area contributed by atoms with Gasteiger partial charge in [0.2, 0.25) is 0 Å². The lowest BCUT2D eigenvalue weighted by Gasteiger charge is -2.31. The van der Waals surface area contributed by atoms with Gasteiger partial charge in [0, 0.05) is 18.7 Å². The van der Waals surface area contributed by atoms with Crippen molar-refractivity contribution in [2.24, 2.45) is 0 Å². The molecule has 1 fully saturated rings. The lowest BCUT2D eigenvalue weighted by Crippen LogP contribution is -2.44. The molecule has 0 spiro atoms. The first-order valence-electron chi connectivity index (χ1n) is 6.32. The van der Waals surface area contributed by atoms with Crippen LogP contribution in [0.4, 0.5) is 0 Å². The highest BCUT2D eigenvalue weighted by atomic mass is 35.5. The second-order valence-corrected chi connectivity index (χ2v) is 4.95. The molecule has 1 saturated heterocycles. The van der Waals surface area contributed by atoms with E-state index in [1.165, 1.54) is 0 Å². The molecule has 2 rings (SSSR count). The fraction of sp³-hybridized carbons (Fsp3) is 0.500. The number of ether oxygens (including phenoxy) is 1. The number of Topliss-reactive ketones (excluding diaryl/α,β-unsaturated/α-hetero) is 1. The molecule has 1 heterocycles. The summed E-state index contributed by atoms with van der Waals surface area (Å²) >= 11 is 6.03. The van der Waals surface area contributed by atoms with Crippen LogP contribution in [0.5, 0.6) is 0 Å². The molecule has 1 aromatic carbocycles. The van der Waals surface area contributed by atoms with Gasteiger partial charge in [-0.25, -0.2) is 0 Å². The van der Waals surface area contributed by atoms with E-state index >= 15 is 0 Å². The highest BCUT2D eigenvalue weighted by Crippen LogP contribution is 2.17. The Balaban J connectivity index is 1.97. The predicted molar refractivity (Wildman–Crippen MR) is 72.3 cm³/mol. The number of carbonyl (C=O) groups excluding carboxylic acids is 1. The Morgan fingerprint density at radius 3 is 3.00 bits per heavy atom. The molecule has 1 aliphatic rings. The Kier molecular flexibility index (Phi) is 4.75. The standard InChI is InChI=1S/C14H18ClNO2/c1-2-11-9-16(7-8-18-11)10-14(17)12-5-3-4-6-13(12)15/h3-6,11H,2,7-10H2,1H3. The molecule has 0 N–H and O–H groups in total. The molecule has 1 aliphatic heterocycles. The Morgan fingerprint density at radius 1 is 1.50 bits per heavy atom. The molecule has 3 nitrogen and oxygen atoms in total. The molecule has 4 heteroatoms. The fourth-order valence-corrected chi connectivity index (χ4v) is 2.39. The lowest BCUT2D eigenvalue weighted by molar-refractivity contribution is -0.0271.